The van der Waals surface area contributed by atoms with Crippen LogP contribution >= 0.6 is 11.3 Å². The predicted octanol–water partition coefficient (Wildman–Crippen LogP) is 4.05. The van der Waals surface area contributed by atoms with Gasteiger partial charge in [-0.2, -0.15) is 5.10 Å². The van der Waals surface area contributed by atoms with Gasteiger partial charge in [0.15, 0.2) is 11.6 Å². The second-order valence-corrected chi connectivity index (χ2v) is 8.65. The minimum Gasteiger partial charge on any atom is -0.486 e. The van der Waals surface area contributed by atoms with Gasteiger partial charge in [-0.25, -0.2) is 9.97 Å². The van der Waals surface area contributed by atoms with E-state index in [1.807, 2.05) is 36.5 Å². The molecule has 1 aliphatic heterocycles. The normalized spacial score (nSPS) is 14.3. The standard InChI is InChI=1S/C23H20N6O2S/c1-4-17(18-13-25-28-19(18)5-1)22-26-20-11-16(14-31-15-3-2-6-24-12-15)32-21(20)23(27-22)29-7-9-30-10-8-29/h1-6,11-13H,7-10,14H2,(H,25,28). The van der Waals surface area contributed by atoms with Crippen molar-refractivity contribution >= 4 is 38.3 Å². The van der Waals surface area contributed by atoms with E-state index >= 15 is 0 Å². The minimum absolute atomic E-state index is 0.460. The number of nitrogens with zero attached hydrogens (tertiary/aromatic N) is 5. The van der Waals surface area contributed by atoms with E-state index in [0.29, 0.717) is 25.6 Å². The fourth-order valence-electron chi connectivity index (χ4n) is 3.90. The Hall–Kier alpha value is -3.56. The highest BCUT2D eigenvalue weighted by Gasteiger charge is 2.21. The van der Waals surface area contributed by atoms with Crippen molar-refractivity contribution in [3.63, 3.8) is 0 Å². The molecule has 0 aliphatic carbocycles. The number of aromatic nitrogens is 5. The van der Waals surface area contributed by atoms with E-state index in [-0.39, 0.29) is 0 Å². The second kappa shape index (κ2) is 8.18. The number of rotatable bonds is 5. The number of thiophene rings is 1. The lowest BCUT2D eigenvalue weighted by Gasteiger charge is -2.28. The summed E-state index contributed by atoms with van der Waals surface area (Å²) < 4.78 is 12.6. The van der Waals surface area contributed by atoms with Gasteiger partial charge < -0.3 is 14.4 Å². The van der Waals surface area contributed by atoms with Gasteiger partial charge in [-0.3, -0.25) is 10.1 Å². The monoisotopic (exact) mass is 444 g/mol. The number of aromatic amines is 1. The molecule has 5 heterocycles. The van der Waals surface area contributed by atoms with Gasteiger partial charge in [0.25, 0.3) is 0 Å². The molecule has 160 valence electrons. The van der Waals surface area contributed by atoms with Gasteiger partial charge >= 0.3 is 0 Å². The minimum atomic E-state index is 0.460. The Bertz CT molecular complexity index is 1380. The molecule has 6 rings (SSSR count). The van der Waals surface area contributed by atoms with Crippen LogP contribution in [0.3, 0.4) is 0 Å². The number of ether oxygens (including phenoxy) is 2. The molecular weight excluding hydrogens is 424 g/mol. The summed E-state index contributed by atoms with van der Waals surface area (Å²) in [5.74, 6) is 2.40. The van der Waals surface area contributed by atoms with Crippen molar-refractivity contribution in [3.8, 4) is 17.1 Å². The van der Waals surface area contributed by atoms with Crippen molar-refractivity contribution in [1.82, 2.24) is 25.1 Å². The molecule has 0 unspecified atom stereocenters. The lowest BCUT2D eigenvalue weighted by molar-refractivity contribution is 0.122. The number of anilines is 1. The van der Waals surface area contributed by atoms with E-state index in [1.165, 1.54) is 0 Å². The maximum absolute atomic E-state index is 5.92. The summed E-state index contributed by atoms with van der Waals surface area (Å²) >= 11 is 1.67. The number of pyridine rings is 1. The van der Waals surface area contributed by atoms with Crippen LogP contribution in [0.25, 0.3) is 32.5 Å². The van der Waals surface area contributed by atoms with Gasteiger partial charge in [-0.05, 0) is 24.3 Å². The number of H-pyrrole nitrogens is 1. The average Bonchev–Trinajstić information content (AvgIpc) is 3.50. The number of hydrogen-bond donors (Lipinski definition) is 1. The molecule has 0 spiro atoms. The zero-order valence-electron chi connectivity index (χ0n) is 17.2. The van der Waals surface area contributed by atoms with E-state index in [4.69, 9.17) is 19.4 Å². The molecular formula is C23H20N6O2S. The largest absolute Gasteiger partial charge is 0.486 e. The maximum atomic E-state index is 5.92. The Morgan fingerprint density at radius 2 is 2.03 bits per heavy atom. The first kappa shape index (κ1) is 19.1. The summed E-state index contributed by atoms with van der Waals surface area (Å²) in [6.45, 7) is 3.46. The summed E-state index contributed by atoms with van der Waals surface area (Å²) in [7, 11) is 0. The summed E-state index contributed by atoms with van der Waals surface area (Å²) in [5.41, 5.74) is 2.86. The van der Waals surface area contributed by atoms with Crippen molar-refractivity contribution in [1.29, 1.82) is 0 Å². The molecule has 0 saturated carbocycles. The van der Waals surface area contributed by atoms with Crippen LogP contribution in [-0.4, -0.2) is 51.5 Å². The molecule has 1 fully saturated rings. The second-order valence-electron chi connectivity index (χ2n) is 7.51. The Kier molecular flexibility index (Phi) is 4.89. The third kappa shape index (κ3) is 3.55. The highest BCUT2D eigenvalue weighted by molar-refractivity contribution is 7.19. The summed E-state index contributed by atoms with van der Waals surface area (Å²) in [4.78, 5) is 17.5. The first-order valence-corrected chi connectivity index (χ1v) is 11.3. The van der Waals surface area contributed by atoms with Gasteiger partial charge in [0.1, 0.15) is 12.4 Å². The Balaban J connectivity index is 1.44. The Labute approximate surface area is 187 Å². The highest BCUT2D eigenvalue weighted by Crippen LogP contribution is 2.36. The molecule has 0 bridgehead atoms. The predicted molar refractivity (Wildman–Crippen MR) is 124 cm³/mol. The summed E-state index contributed by atoms with van der Waals surface area (Å²) in [6.07, 6.45) is 5.28. The van der Waals surface area contributed by atoms with Crippen LogP contribution in [0.2, 0.25) is 0 Å². The van der Waals surface area contributed by atoms with Crippen LogP contribution in [0.4, 0.5) is 5.82 Å². The SMILES string of the molecule is c1cncc(OCc2cc3nc(-c4cccc5[nH]ncc45)nc(N4CCOCC4)c3s2)c1. The fraction of sp³-hybridized carbons (Fsp3) is 0.217. The molecule has 1 aromatic carbocycles. The third-order valence-electron chi connectivity index (χ3n) is 5.46. The molecule has 32 heavy (non-hydrogen) atoms. The lowest BCUT2D eigenvalue weighted by atomic mass is 10.1. The van der Waals surface area contributed by atoms with E-state index in [2.05, 4.69) is 26.1 Å². The number of nitrogens with one attached hydrogen (secondary N) is 1. The molecule has 0 radical (unpaired) electrons. The molecule has 4 aromatic heterocycles. The topological polar surface area (TPSA) is 89.1 Å². The van der Waals surface area contributed by atoms with Gasteiger partial charge in [-0.15, -0.1) is 11.3 Å². The van der Waals surface area contributed by atoms with E-state index < -0.39 is 0 Å². The van der Waals surface area contributed by atoms with Crippen molar-refractivity contribution in [2.24, 2.45) is 0 Å². The van der Waals surface area contributed by atoms with Gasteiger partial charge in [-0.1, -0.05) is 12.1 Å². The van der Waals surface area contributed by atoms with E-state index in [1.54, 1.807) is 23.7 Å². The molecule has 1 saturated heterocycles. The van der Waals surface area contributed by atoms with Crippen LogP contribution in [0.5, 0.6) is 5.75 Å². The fourth-order valence-corrected chi connectivity index (χ4v) is 4.92. The average molecular weight is 445 g/mol. The van der Waals surface area contributed by atoms with Gasteiger partial charge in [0, 0.05) is 35.1 Å². The van der Waals surface area contributed by atoms with Gasteiger partial charge in [0.05, 0.1) is 41.3 Å². The molecule has 0 amide bonds. The van der Waals surface area contributed by atoms with E-state index in [9.17, 15) is 0 Å². The number of hydrogen-bond acceptors (Lipinski definition) is 8. The first-order chi connectivity index (χ1) is 15.8. The zero-order chi connectivity index (χ0) is 21.3. The molecule has 5 aromatic rings. The summed E-state index contributed by atoms with van der Waals surface area (Å²) in [6, 6.07) is 11.9. The molecule has 1 aliphatic rings. The molecule has 8 nitrogen and oxygen atoms in total. The Morgan fingerprint density at radius 3 is 2.91 bits per heavy atom. The van der Waals surface area contributed by atoms with Crippen LogP contribution in [0.15, 0.2) is 55.0 Å². The van der Waals surface area contributed by atoms with Crippen molar-refractivity contribution in [2.75, 3.05) is 31.2 Å². The maximum Gasteiger partial charge on any atom is 0.162 e. The Morgan fingerprint density at radius 1 is 1.09 bits per heavy atom. The number of benzene rings is 1. The smallest absolute Gasteiger partial charge is 0.162 e. The number of fused-ring (bicyclic) bond motifs is 2. The van der Waals surface area contributed by atoms with Crippen molar-refractivity contribution in [2.45, 2.75) is 6.61 Å². The van der Waals surface area contributed by atoms with Crippen LogP contribution in [0.1, 0.15) is 4.88 Å². The number of morpholine rings is 1. The molecule has 0 atom stereocenters. The van der Waals surface area contributed by atoms with E-state index in [0.717, 1.165) is 56.2 Å². The third-order valence-corrected chi connectivity index (χ3v) is 6.55. The highest BCUT2D eigenvalue weighted by atomic mass is 32.1. The van der Waals surface area contributed by atoms with Crippen molar-refractivity contribution in [3.05, 3.63) is 59.9 Å². The molecule has 9 heteroatoms. The molecule has 1 N–H and O–H groups in total. The first-order valence-electron chi connectivity index (χ1n) is 10.4. The van der Waals surface area contributed by atoms with Crippen LogP contribution < -0.4 is 9.64 Å². The summed E-state index contributed by atoms with van der Waals surface area (Å²) in [5, 5.41) is 8.23. The zero-order valence-corrected chi connectivity index (χ0v) is 18.0. The lowest BCUT2D eigenvalue weighted by Crippen LogP contribution is -2.36. The van der Waals surface area contributed by atoms with Gasteiger partial charge in [0.2, 0.25) is 0 Å². The quantitative estimate of drug-likeness (QED) is 0.437. The van der Waals surface area contributed by atoms with Crippen LogP contribution in [-0.2, 0) is 11.3 Å². The van der Waals surface area contributed by atoms with Crippen molar-refractivity contribution < 1.29 is 9.47 Å². The van der Waals surface area contributed by atoms with Crippen LogP contribution in [0, 0.1) is 0 Å².